The van der Waals surface area contributed by atoms with Gasteiger partial charge in [0.15, 0.2) is 0 Å². The molecule has 0 aliphatic carbocycles. The van der Waals surface area contributed by atoms with Crippen LogP contribution in [-0.2, 0) is 13.5 Å². The minimum absolute atomic E-state index is 0.0237. The summed E-state index contributed by atoms with van der Waals surface area (Å²) in [5, 5.41) is 0. The molecule has 1 amide bonds. The number of carbonyl (C=O) groups excluding carboxylic acids is 1. The zero-order valence-electron chi connectivity index (χ0n) is 14.0. The van der Waals surface area contributed by atoms with E-state index in [9.17, 15) is 4.79 Å². The lowest BCUT2D eigenvalue weighted by Gasteiger charge is -2.18. The summed E-state index contributed by atoms with van der Waals surface area (Å²) in [5.74, 6) is 0.0237. The van der Waals surface area contributed by atoms with E-state index in [1.165, 1.54) is 0 Å². The van der Waals surface area contributed by atoms with Crippen molar-refractivity contribution >= 4 is 5.91 Å². The second kappa shape index (κ2) is 7.13. The van der Waals surface area contributed by atoms with Crippen LogP contribution >= 0.6 is 0 Å². The van der Waals surface area contributed by atoms with Crippen LogP contribution in [0.4, 0.5) is 0 Å². The summed E-state index contributed by atoms with van der Waals surface area (Å²) in [6.45, 7) is 0.641. The van der Waals surface area contributed by atoms with Crippen molar-refractivity contribution in [3.05, 3.63) is 78.2 Å². The number of hydrogen-bond donors (Lipinski definition) is 0. The van der Waals surface area contributed by atoms with Gasteiger partial charge in [-0.1, -0.05) is 36.4 Å². The molecule has 4 heteroatoms. The van der Waals surface area contributed by atoms with Crippen LogP contribution < -0.4 is 0 Å². The van der Waals surface area contributed by atoms with Crippen molar-refractivity contribution in [3.8, 4) is 11.3 Å². The maximum Gasteiger partial charge on any atom is 0.270 e. The number of rotatable bonds is 5. The third-order valence-electron chi connectivity index (χ3n) is 4.19. The summed E-state index contributed by atoms with van der Waals surface area (Å²) < 4.78 is 1.95. The van der Waals surface area contributed by atoms with Gasteiger partial charge in [-0.2, -0.15) is 0 Å². The Morgan fingerprint density at radius 1 is 1.04 bits per heavy atom. The molecule has 2 heterocycles. The molecule has 0 bridgehead atoms. The summed E-state index contributed by atoms with van der Waals surface area (Å²) in [6, 6.07) is 19.8. The molecule has 0 saturated heterocycles. The van der Waals surface area contributed by atoms with Gasteiger partial charge < -0.3 is 9.47 Å². The number of pyridine rings is 1. The first kappa shape index (κ1) is 16.0. The Bertz CT molecular complexity index is 809. The fraction of sp³-hybridized carbons (Fsp3) is 0.200. The third kappa shape index (κ3) is 3.38. The molecule has 0 unspecified atom stereocenters. The van der Waals surface area contributed by atoms with Gasteiger partial charge in [0.25, 0.3) is 5.91 Å². The highest BCUT2D eigenvalue weighted by Crippen LogP contribution is 2.21. The third-order valence-corrected chi connectivity index (χ3v) is 4.19. The lowest BCUT2D eigenvalue weighted by molar-refractivity contribution is 0.0787. The summed E-state index contributed by atoms with van der Waals surface area (Å²) >= 11 is 0. The molecule has 2 aromatic heterocycles. The maximum atomic E-state index is 12.7. The Balaban J connectivity index is 1.72. The fourth-order valence-corrected chi connectivity index (χ4v) is 2.75. The average molecular weight is 319 g/mol. The van der Waals surface area contributed by atoms with E-state index in [4.69, 9.17) is 0 Å². The lowest BCUT2D eigenvalue weighted by Crippen LogP contribution is -2.30. The van der Waals surface area contributed by atoms with E-state index in [1.807, 2.05) is 79.3 Å². The van der Waals surface area contributed by atoms with E-state index in [1.54, 1.807) is 11.1 Å². The van der Waals surface area contributed by atoms with Gasteiger partial charge >= 0.3 is 0 Å². The van der Waals surface area contributed by atoms with Crippen LogP contribution in [0.2, 0.25) is 0 Å². The van der Waals surface area contributed by atoms with Crippen LogP contribution in [0.5, 0.6) is 0 Å². The van der Waals surface area contributed by atoms with Crippen LogP contribution in [0.25, 0.3) is 11.3 Å². The van der Waals surface area contributed by atoms with E-state index in [0.717, 1.165) is 23.4 Å². The van der Waals surface area contributed by atoms with Gasteiger partial charge in [-0.05, 0) is 29.8 Å². The highest BCUT2D eigenvalue weighted by atomic mass is 16.2. The molecule has 4 nitrogen and oxygen atoms in total. The molecular weight excluding hydrogens is 298 g/mol. The Labute approximate surface area is 142 Å². The zero-order valence-corrected chi connectivity index (χ0v) is 14.0. The van der Waals surface area contributed by atoms with Gasteiger partial charge in [-0.3, -0.25) is 9.78 Å². The van der Waals surface area contributed by atoms with Crippen LogP contribution in [0.1, 0.15) is 16.2 Å². The molecule has 1 aromatic carbocycles. The quantitative estimate of drug-likeness (QED) is 0.723. The number of amides is 1. The second-order valence-electron chi connectivity index (χ2n) is 5.83. The molecule has 0 aliphatic rings. The molecule has 0 spiro atoms. The monoisotopic (exact) mass is 319 g/mol. The van der Waals surface area contributed by atoms with E-state index in [0.29, 0.717) is 12.2 Å². The minimum Gasteiger partial charge on any atom is -0.340 e. The summed E-state index contributed by atoms with van der Waals surface area (Å²) in [5.41, 5.74) is 3.83. The predicted octanol–water partition coefficient (Wildman–Crippen LogP) is 3.40. The van der Waals surface area contributed by atoms with Crippen molar-refractivity contribution < 1.29 is 4.79 Å². The first-order chi connectivity index (χ1) is 11.7. The molecule has 0 N–H and O–H groups in total. The Hall–Kier alpha value is -2.88. The number of benzene rings is 1. The molecule has 3 aromatic rings. The van der Waals surface area contributed by atoms with Crippen molar-refractivity contribution in [1.29, 1.82) is 0 Å². The van der Waals surface area contributed by atoms with Gasteiger partial charge in [0.2, 0.25) is 0 Å². The van der Waals surface area contributed by atoms with Crippen molar-refractivity contribution in [2.75, 3.05) is 13.6 Å². The minimum atomic E-state index is 0.0237. The Morgan fingerprint density at radius 2 is 1.79 bits per heavy atom. The first-order valence-electron chi connectivity index (χ1n) is 8.03. The second-order valence-corrected chi connectivity index (χ2v) is 5.83. The maximum absolute atomic E-state index is 12.7. The van der Waals surface area contributed by atoms with E-state index < -0.39 is 0 Å². The SMILES string of the molecule is CN(CCc1ccccn1)C(=O)c1ccc(-c2ccccc2)n1C. The topological polar surface area (TPSA) is 38.1 Å². The molecule has 3 rings (SSSR count). The molecule has 0 radical (unpaired) electrons. The number of likely N-dealkylation sites (N-methyl/N-ethyl adjacent to an activating group) is 1. The van der Waals surface area contributed by atoms with E-state index in [-0.39, 0.29) is 5.91 Å². The van der Waals surface area contributed by atoms with Crippen molar-refractivity contribution in [3.63, 3.8) is 0 Å². The zero-order chi connectivity index (χ0) is 16.9. The van der Waals surface area contributed by atoms with Crippen LogP contribution in [0.15, 0.2) is 66.9 Å². The molecular formula is C20H21N3O. The summed E-state index contributed by atoms with van der Waals surface area (Å²) in [7, 11) is 3.77. The number of nitrogens with zero attached hydrogens (tertiary/aromatic N) is 3. The van der Waals surface area contributed by atoms with Gasteiger partial charge in [-0.15, -0.1) is 0 Å². The molecule has 0 saturated carbocycles. The van der Waals surface area contributed by atoms with E-state index in [2.05, 4.69) is 4.98 Å². The number of aromatic nitrogens is 2. The lowest BCUT2D eigenvalue weighted by atomic mass is 10.2. The fourth-order valence-electron chi connectivity index (χ4n) is 2.75. The largest absolute Gasteiger partial charge is 0.340 e. The molecule has 0 fully saturated rings. The molecule has 0 atom stereocenters. The first-order valence-corrected chi connectivity index (χ1v) is 8.03. The van der Waals surface area contributed by atoms with Crippen LogP contribution in [0, 0.1) is 0 Å². The van der Waals surface area contributed by atoms with Gasteiger partial charge in [0, 0.05) is 44.6 Å². The van der Waals surface area contributed by atoms with Crippen LogP contribution in [-0.4, -0.2) is 34.0 Å². The van der Waals surface area contributed by atoms with Gasteiger partial charge in [0.1, 0.15) is 5.69 Å². The normalized spacial score (nSPS) is 10.6. The number of hydrogen-bond acceptors (Lipinski definition) is 2. The Kier molecular flexibility index (Phi) is 4.75. The standard InChI is InChI=1S/C20H21N3O/c1-22(15-13-17-10-6-7-14-21-17)20(24)19-12-11-18(23(19)2)16-8-4-3-5-9-16/h3-12,14H,13,15H2,1-2H3. The number of carbonyl (C=O) groups is 1. The molecule has 122 valence electrons. The van der Waals surface area contributed by atoms with Gasteiger partial charge in [0.05, 0.1) is 0 Å². The summed E-state index contributed by atoms with van der Waals surface area (Å²) in [6.07, 6.45) is 2.53. The molecule has 24 heavy (non-hydrogen) atoms. The summed E-state index contributed by atoms with van der Waals surface area (Å²) in [4.78, 5) is 18.8. The van der Waals surface area contributed by atoms with Crippen molar-refractivity contribution in [2.24, 2.45) is 7.05 Å². The van der Waals surface area contributed by atoms with E-state index >= 15 is 0 Å². The predicted molar refractivity (Wildman–Crippen MR) is 95.8 cm³/mol. The highest BCUT2D eigenvalue weighted by Gasteiger charge is 2.17. The average Bonchev–Trinajstić information content (AvgIpc) is 3.02. The highest BCUT2D eigenvalue weighted by molar-refractivity contribution is 5.93. The molecule has 0 aliphatic heterocycles. The Morgan fingerprint density at radius 3 is 2.50 bits per heavy atom. The van der Waals surface area contributed by atoms with Crippen molar-refractivity contribution in [2.45, 2.75) is 6.42 Å². The smallest absolute Gasteiger partial charge is 0.270 e. The van der Waals surface area contributed by atoms with Crippen LogP contribution in [0.3, 0.4) is 0 Å². The van der Waals surface area contributed by atoms with Crippen molar-refractivity contribution in [1.82, 2.24) is 14.5 Å². The van der Waals surface area contributed by atoms with Gasteiger partial charge in [-0.25, -0.2) is 0 Å².